The number of carbonyl (C=O) groups is 2. The molecule has 0 bridgehead atoms. The van der Waals surface area contributed by atoms with Crippen molar-refractivity contribution in [2.75, 3.05) is 10.6 Å². The molecule has 2 heterocycles. The van der Waals surface area contributed by atoms with Crippen molar-refractivity contribution in [2.45, 2.75) is 61.6 Å². The van der Waals surface area contributed by atoms with E-state index in [0.29, 0.717) is 37.8 Å². The Labute approximate surface area is 442 Å². The van der Waals surface area contributed by atoms with Crippen LogP contribution in [0.5, 0.6) is 0 Å². The number of halogens is 10. The third-order valence-electron chi connectivity index (χ3n) is 11.4. The van der Waals surface area contributed by atoms with E-state index in [1.807, 2.05) is 11.2 Å². The smallest absolute Gasteiger partial charge is 0.392 e. The molecule has 2 saturated carbocycles. The van der Waals surface area contributed by atoms with Gasteiger partial charge in [-0.05, 0) is 43.9 Å². The Morgan fingerprint density at radius 1 is 0.653 bits per heavy atom. The van der Waals surface area contributed by atoms with Crippen molar-refractivity contribution in [1.29, 1.82) is 0 Å². The quantitative estimate of drug-likeness (QED) is 0.0725. The molecule has 42 heteroatoms. The van der Waals surface area contributed by atoms with Crippen LogP contribution < -0.4 is 21.3 Å². The maximum absolute atomic E-state index is 14.3. The molecule has 4 amide bonds. The zero-order chi connectivity index (χ0) is 55.0. The number of aliphatic hydroxyl groups is 1. The van der Waals surface area contributed by atoms with Crippen LogP contribution in [0.2, 0.25) is 0 Å². The molecule has 6 rings (SSSR count). The first-order chi connectivity index (χ1) is 33.2. The van der Waals surface area contributed by atoms with Crippen LogP contribution in [-0.4, -0.2) is 209 Å². The van der Waals surface area contributed by atoms with E-state index >= 15 is 0 Å². The Morgan fingerprint density at radius 3 is 1.40 bits per heavy atom. The van der Waals surface area contributed by atoms with Gasteiger partial charge in [0.15, 0.2) is 5.82 Å². The van der Waals surface area contributed by atoms with Crippen molar-refractivity contribution >= 4 is 214 Å². The first-order valence-corrected chi connectivity index (χ1v) is 22.0. The zero-order valence-corrected chi connectivity index (χ0v) is 38.9. The fourth-order valence-corrected chi connectivity index (χ4v) is 7.60. The number of alkyl halides is 7. The van der Waals surface area contributed by atoms with Crippen LogP contribution in [0.1, 0.15) is 47.9 Å². The van der Waals surface area contributed by atoms with Gasteiger partial charge in [-0.3, -0.25) is 0 Å². The number of hydrogen-bond donors (Lipinski definition) is 5. The van der Waals surface area contributed by atoms with Crippen molar-refractivity contribution in [2.24, 2.45) is 11.8 Å². The second-order valence-electron chi connectivity index (χ2n) is 17.1. The highest BCUT2D eigenvalue weighted by Gasteiger charge is 2.61. The lowest BCUT2D eigenvalue weighted by molar-refractivity contribution is -0.179. The zero-order valence-electron chi connectivity index (χ0n) is 38.1. The van der Waals surface area contributed by atoms with E-state index in [1.165, 1.54) is 7.06 Å². The highest BCUT2D eigenvalue weighted by molar-refractivity contribution is 8.19. The lowest BCUT2D eigenvalue weighted by Crippen LogP contribution is -2.80. The van der Waals surface area contributed by atoms with E-state index in [9.17, 15) is 49.1 Å². The maximum Gasteiger partial charge on any atom is 0.427 e. The second kappa shape index (κ2) is 26.4. The molecule has 0 saturated heterocycles. The van der Waals surface area contributed by atoms with Gasteiger partial charge >= 0.3 is 24.4 Å². The van der Waals surface area contributed by atoms with Gasteiger partial charge < -0.3 is 26.4 Å². The minimum atomic E-state index is -5.08. The van der Waals surface area contributed by atoms with Crippen LogP contribution in [0.4, 0.5) is 60.5 Å². The molecule has 2 aliphatic heterocycles. The van der Waals surface area contributed by atoms with E-state index in [4.69, 9.17) is 125 Å². The third-order valence-corrected chi connectivity index (χ3v) is 11.7. The van der Waals surface area contributed by atoms with Crippen LogP contribution in [0.25, 0.3) is 0 Å². The van der Waals surface area contributed by atoms with Crippen LogP contribution in [-0.2, 0) is 23.6 Å². The van der Waals surface area contributed by atoms with E-state index < -0.39 is 152 Å². The van der Waals surface area contributed by atoms with E-state index in [0.717, 1.165) is 6.07 Å². The minimum Gasteiger partial charge on any atom is -0.392 e. The van der Waals surface area contributed by atoms with Crippen molar-refractivity contribution < 1.29 is 54.2 Å². The molecule has 5 N–H and O–H groups in total. The normalized spacial score (nSPS) is 18.0. The molecule has 0 aromatic heterocycles. The monoisotopic (exact) mass is 967 g/mol. The van der Waals surface area contributed by atoms with Gasteiger partial charge in [0.1, 0.15) is 11.6 Å². The van der Waals surface area contributed by atoms with Gasteiger partial charge in [0.05, 0.1) is 18.2 Å². The summed E-state index contributed by atoms with van der Waals surface area (Å²) in [6, 6.07) is -0.214. The number of aliphatic hydroxyl groups excluding tert-OH is 1. The van der Waals surface area contributed by atoms with Crippen LogP contribution in [0.15, 0.2) is 18.2 Å². The standard InChI is InChI=1S/C15H10ClF5N2O.C15H12F4N2O2.B20.B5/c16-6-8-10(17)5-9-12(11(8)18)22-13(24)23-14(9,15(19,20)21)4-3-7-1-2-7;16-11-6-10-12(5-9(11)7-22)20-13(23)21-14(10,15(17,18)19)4-3-8-1-2-8;1-12(2)17(11)20(18(13(3)4)14(5)6)19(15(7)8)16(9)10;1-4-5(2)3/h5,7H,1-2,6H2,(H2,22,23,24);5-6,8,22H,1-2,7H2,(H2,20,21,23);;. The summed E-state index contributed by atoms with van der Waals surface area (Å²) in [5, 5.41) is 16.7. The number of anilines is 2. The summed E-state index contributed by atoms with van der Waals surface area (Å²) in [5.41, 5.74) is -9.32. The summed E-state index contributed by atoms with van der Waals surface area (Å²) in [7, 11) is 78.9. The molecular formula is C30H22B25ClF9N4O3. The Kier molecular flexibility index (Phi) is 23.3. The van der Waals surface area contributed by atoms with Crippen molar-refractivity contribution in [3.63, 3.8) is 0 Å². The summed E-state index contributed by atoms with van der Waals surface area (Å²) in [6.07, 6.45) is -14.9. The van der Waals surface area contributed by atoms with Gasteiger partial charge in [-0.15, -0.1) is 11.6 Å². The molecule has 2 fully saturated rings. The number of fused-ring (bicyclic) bond motifs is 2. The highest BCUT2D eigenvalue weighted by atomic mass is 35.5. The molecule has 29 radical (unpaired) electrons. The fraction of sp³-hybridized carbons (Fsp3) is 0.400. The van der Waals surface area contributed by atoms with Gasteiger partial charge in [0, 0.05) is 219 Å². The van der Waals surface area contributed by atoms with Crippen LogP contribution in [0.3, 0.4) is 0 Å². The minimum absolute atomic E-state index is 0.133. The average molecular weight is 963 g/mol. The number of hydrogen-bond acceptors (Lipinski definition) is 3. The summed E-state index contributed by atoms with van der Waals surface area (Å²) in [6.45, 7) is -0.699. The van der Waals surface area contributed by atoms with Crippen molar-refractivity contribution in [1.82, 2.24) is 10.6 Å². The number of carbonyl (C=O) groups excluding carboxylic acids is 2. The Balaban J connectivity index is 0.000000273. The molecule has 325 valence electrons. The number of benzene rings is 2. The lowest BCUT2D eigenvalue weighted by atomic mass is 8.39. The molecule has 7 nitrogen and oxygen atoms in total. The van der Waals surface area contributed by atoms with Gasteiger partial charge in [-0.1, -0.05) is 23.7 Å². The molecule has 2 aromatic rings. The first kappa shape index (κ1) is 63.6. The van der Waals surface area contributed by atoms with Crippen molar-refractivity contribution in [3.05, 3.63) is 57.9 Å². The van der Waals surface area contributed by atoms with E-state index in [-0.39, 0.29) is 23.1 Å². The molecule has 72 heavy (non-hydrogen) atoms. The molecule has 4 aliphatic rings. The van der Waals surface area contributed by atoms with Gasteiger partial charge in [0.2, 0.25) is 11.1 Å². The van der Waals surface area contributed by atoms with Crippen molar-refractivity contribution in [3.8, 4) is 23.7 Å². The van der Waals surface area contributed by atoms with Gasteiger partial charge in [-0.2, -0.15) is 26.3 Å². The number of nitrogens with one attached hydrogen (secondary N) is 4. The predicted octanol–water partition coefficient (Wildman–Crippen LogP) is -2.89. The average Bonchev–Trinajstić information content (AvgIpc) is 4.21. The van der Waals surface area contributed by atoms with Crippen LogP contribution in [0, 0.1) is 53.0 Å². The number of amides is 4. The molecule has 2 aromatic carbocycles. The van der Waals surface area contributed by atoms with Gasteiger partial charge in [0.25, 0.3) is 0 Å². The number of urea groups is 2. The van der Waals surface area contributed by atoms with Gasteiger partial charge in [-0.25, -0.2) is 22.8 Å². The molecule has 2 aliphatic carbocycles. The van der Waals surface area contributed by atoms with E-state index in [1.54, 1.807) is 10.6 Å². The molecule has 0 spiro atoms. The molecule has 2 unspecified atom stereocenters. The third kappa shape index (κ3) is 15.7. The summed E-state index contributed by atoms with van der Waals surface area (Å²) in [4.78, 5) is 23.4. The first-order valence-electron chi connectivity index (χ1n) is 21.5. The summed E-state index contributed by atoms with van der Waals surface area (Å²) >= 11 is 5.43. The number of rotatable bonds is 11. The summed E-state index contributed by atoms with van der Waals surface area (Å²) < 4.78 is 125. The largest absolute Gasteiger partial charge is 0.427 e. The molecular weight excluding hydrogens is 941 g/mol. The second-order valence-corrected chi connectivity index (χ2v) is 17.3. The summed E-state index contributed by atoms with van der Waals surface area (Å²) in [5.74, 6) is 4.53. The SMILES string of the molecule is O=C1Nc2c(cc(F)c(CCl)c2F)C(C#CC2CC2)(C(F)(F)F)N1.O=C1Nc2cc(CO)c(F)cc2C(C#CC2CC2)(C(F)(F)F)N1.[B]B([B])B([B])B(B(B([B])[B])B([B])[B])B(B([B])[B])B([B])[B].[B][B]B([B])[B]. The Bertz CT molecular complexity index is 2320. The van der Waals surface area contributed by atoms with Crippen LogP contribution >= 0.6 is 11.6 Å². The maximum atomic E-state index is 14.3. The molecule has 2 atom stereocenters. The predicted molar refractivity (Wildman–Crippen MR) is 293 cm³/mol. The Hall–Kier alpha value is -2.66. The highest BCUT2D eigenvalue weighted by Crippen LogP contribution is 2.47. The van der Waals surface area contributed by atoms with E-state index in [2.05, 4.69) is 23.1 Å². The Morgan fingerprint density at radius 2 is 1.06 bits per heavy atom. The fourth-order valence-electron chi connectivity index (χ4n) is 7.35. The topological polar surface area (TPSA) is 102 Å². The lowest BCUT2D eigenvalue weighted by Gasteiger charge is -2.42.